The molecule has 0 saturated carbocycles. The highest BCUT2D eigenvalue weighted by molar-refractivity contribution is 5.83. The van der Waals surface area contributed by atoms with Crippen molar-refractivity contribution >= 4 is 22.8 Å². The van der Waals surface area contributed by atoms with Crippen molar-refractivity contribution in [3.05, 3.63) is 60.3 Å². The number of benzene rings is 1. The summed E-state index contributed by atoms with van der Waals surface area (Å²) >= 11 is 0. The van der Waals surface area contributed by atoms with Gasteiger partial charge in [-0.2, -0.15) is 0 Å². The van der Waals surface area contributed by atoms with E-state index in [9.17, 15) is 0 Å². The van der Waals surface area contributed by atoms with Gasteiger partial charge in [-0.3, -0.25) is 4.57 Å². The van der Waals surface area contributed by atoms with Crippen molar-refractivity contribution in [3.63, 3.8) is 0 Å². The number of nitrogens with zero attached hydrogens (tertiary/aromatic N) is 5. The Balaban J connectivity index is 1.72. The van der Waals surface area contributed by atoms with E-state index in [2.05, 4.69) is 32.7 Å². The molecule has 30 heavy (non-hydrogen) atoms. The van der Waals surface area contributed by atoms with Crippen LogP contribution in [0.3, 0.4) is 0 Å². The van der Waals surface area contributed by atoms with E-state index in [0.717, 1.165) is 52.7 Å². The topological polar surface area (TPSA) is 98.9 Å². The zero-order valence-electron chi connectivity index (χ0n) is 16.8. The molecule has 1 aliphatic rings. The minimum Gasteiger partial charge on any atom is -0.383 e. The highest BCUT2D eigenvalue weighted by Gasteiger charge is 2.20. The third-order valence-electron chi connectivity index (χ3n) is 5.68. The average molecular weight is 400 g/mol. The second kappa shape index (κ2) is 7.76. The number of imidazole rings is 1. The first-order valence-electron chi connectivity index (χ1n) is 10.4. The number of nitrogen functional groups attached to an aromatic ring is 1. The van der Waals surface area contributed by atoms with E-state index in [1.165, 1.54) is 19.3 Å². The lowest BCUT2D eigenvalue weighted by atomic mass is 10.1. The van der Waals surface area contributed by atoms with E-state index in [0.29, 0.717) is 12.4 Å². The number of aromatic nitrogens is 4. The summed E-state index contributed by atoms with van der Waals surface area (Å²) in [6.45, 7) is 2.59. The van der Waals surface area contributed by atoms with E-state index in [4.69, 9.17) is 21.4 Å². The molecule has 7 heteroatoms. The van der Waals surface area contributed by atoms with Crippen LogP contribution in [-0.4, -0.2) is 32.6 Å². The number of pyridine rings is 2. The summed E-state index contributed by atoms with van der Waals surface area (Å²) < 4.78 is 2.07. The van der Waals surface area contributed by atoms with Gasteiger partial charge in [0.2, 0.25) is 0 Å². The van der Waals surface area contributed by atoms with Crippen molar-refractivity contribution < 1.29 is 0 Å². The van der Waals surface area contributed by atoms with Gasteiger partial charge in [-0.15, -0.1) is 0 Å². The number of anilines is 2. The minimum absolute atomic E-state index is 0.448. The largest absolute Gasteiger partial charge is 0.383 e. The lowest BCUT2D eigenvalue weighted by molar-refractivity contribution is 0.574. The Morgan fingerprint density at radius 1 is 0.900 bits per heavy atom. The van der Waals surface area contributed by atoms with Gasteiger partial charge in [-0.05, 0) is 61.2 Å². The second-order valence-electron chi connectivity index (χ2n) is 7.64. The first-order valence-corrected chi connectivity index (χ1v) is 10.4. The van der Waals surface area contributed by atoms with Crippen LogP contribution in [0.25, 0.3) is 28.2 Å². The van der Waals surface area contributed by atoms with Gasteiger partial charge in [-0.25, -0.2) is 15.0 Å². The van der Waals surface area contributed by atoms with Crippen LogP contribution >= 0.6 is 0 Å². The number of rotatable bonds is 4. The van der Waals surface area contributed by atoms with Gasteiger partial charge in [0, 0.05) is 31.5 Å². The molecule has 0 bridgehead atoms. The molecule has 0 unspecified atom stereocenters. The van der Waals surface area contributed by atoms with Crippen LogP contribution in [0.5, 0.6) is 0 Å². The Hall–Kier alpha value is -3.45. The maximum absolute atomic E-state index is 6.20. The SMILES string of the molecule is NCc1ccc(-n2c(-c3cccnc3N)nc3ccc(N4CCCCC4)nc32)cc1. The molecule has 1 aliphatic heterocycles. The smallest absolute Gasteiger partial charge is 0.167 e. The summed E-state index contributed by atoms with van der Waals surface area (Å²) in [4.78, 5) is 16.5. The molecular formula is C23H25N7. The van der Waals surface area contributed by atoms with Gasteiger partial charge in [0.15, 0.2) is 11.5 Å². The highest BCUT2D eigenvalue weighted by Crippen LogP contribution is 2.31. The van der Waals surface area contributed by atoms with Gasteiger partial charge in [0.25, 0.3) is 0 Å². The maximum atomic E-state index is 6.20. The van der Waals surface area contributed by atoms with Crippen molar-refractivity contribution in [2.24, 2.45) is 5.73 Å². The van der Waals surface area contributed by atoms with E-state index in [1.807, 2.05) is 30.3 Å². The first kappa shape index (κ1) is 18.6. The van der Waals surface area contributed by atoms with Crippen LogP contribution in [0.4, 0.5) is 11.6 Å². The molecule has 152 valence electrons. The van der Waals surface area contributed by atoms with Gasteiger partial charge < -0.3 is 16.4 Å². The van der Waals surface area contributed by atoms with E-state index >= 15 is 0 Å². The number of hydrogen-bond acceptors (Lipinski definition) is 6. The predicted octanol–water partition coefficient (Wildman–Crippen LogP) is 3.51. The Labute approximate surface area is 175 Å². The highest BCUT2D eigenvalue weighted by atomic mass is 15.2. The number of hydrogen-bond donors (Lipinski definition) is 2. The van der Waals surface area contributed by atoms with Gasteiger partial charge in [-0.1, -0.05) is 12.1 Å². The molecule has 0 spiro atoms. The Kier molecular flexibility index (Phi) is 4.80. The Morgan fingerprint density at radius 3 is 2.43 bits per heavy atom. The summed E-state index contributed by atoms with van der Waals surface area (Å²) in [6.07, 6.45) is 5.39. The summed E-state index contributed by atoms with van der Waals surface area (Å²) in [7, 11) is 0. The first-order chi connectivity index (χ1) is 14.7. The van der Waals surface area contributed by atoms with Gasteiger partial charge >= 0.3 is 0 Å². The fourth-order valence-electron chi connectivity index (χ4n) is 4.06. The predicted molar refractivity (Wildman–Crippen MR) is 120 cm³/mol. The van der Waals surface area contributed by atoms with Gasteiger partial charge in [0.1, 0.15) is 17.2 Å². The molecule has 4 aromatic rings. The lowest BCUT2D eigenvalue weighted by Gasteiger charge is -2.27. The summed E-state index contributed by atoms with van der Waals surface area (Å²) in [5.74, 6) is 2.18. The molecule has 3 aromatic heterocycles. The quantitative estimate of drug-likeness (QED) is 0.545. The van der Waals surface area contributed by atoms with Crippen LogP contribution < -0.4 is 16.4 Å². The molecule has 0 atom stereocenters. The van der Waals surface area contributed by atoms with Crippen LogP contribution in [0, 0.1) is 0 Å². The minimum atomic E-state index is 0.448. The molecule has 7 nitrogen and oxygen atoms in total. The van der Waals surface area contributed by atoms with Gasteiger partial charge in [0.05, 0.1) is 5.56 Å². The molecule has 0 amide bonds. The molecule has 4 heterocycles. The monoisotopic (exact) mass is 399 g/mol. The molecule has 5 rings (SSSR count). The van der Waals surface area contributed by atoms with Crippen LogP contribution in [0.2, 0.25) is 0 Å². The van der Waals surface area contributed by atoms with E-state index in [1.54, 1.807) is 6.20 Å². The molecule has 4 N–H and O–H groups in total. The molecule has 1 fully saturated rings. The van der Waals surface area contributed by atoms with E-state index in [-0.39, 0.29) is 0 Å². The normalized spacial score (nSPS) is 14.4. The number of nitrogens with two attached hydrogens (primary N) is 2. The second-order valence-corrected chi connectivity index (χ2v) is 7.64. The Morgan fingerprint density at radius 2 is 1.70 bits per heavy atom. The number of fused-ring (bicyclic) bond motifs is 1. The van der Waals surface area contributed by atoms with Crippen molar-refractivity contribution in [1.29, 1.82) is 0 Å². The molecule has 1 aromatic carbocycles. The summed E-state index contributed by atoms with van der Waals surface area (Å²) in [5.41, 5.74) is 16.5. The molecule has 0 aliphatic carbocycles. The average Bonchev–Trinajstić information content (AvgIpc) is 3.18. The zero-order chi connectivity index (χ0) is 20.5. The summed E-state index contributed by atoms with van der Waals surface area (Å²) in [6, 6.07) is 16.1. The molecule has 1 saturated heterocycles. The maximum Gasteiger partial charge on any atom is 0.167 e. The van der Waals surface area contributed by atoms with E-state index < -0.39 is 0 Å². The standard InChI is InChI=1S/C23H25N7/c24-15-16-6-8-17(9-7-16)30-22(18-5-4-12-26-21(18)25)27-19-10-11-20(28-23(19)30)29-13-2-1-3-14-29/h4-12H,1-3,13-15,24H2,(H2,25,26). The van der Waals surface area contributed by atoms with Crippen molar-refractivity contribution in [1.82, 2.24) is 19.5 Å². The molecule has 0 radical (unpaired) electrons. The fraction of sp³-hybridized carbons (Fsp3) is 0.261. The van der Waals surface area contributed by atoms with Crippen LogP contribution in [-0.2, 0) is 6.54 Å². The zero-order valence-corrected chi connectivity index (χ0v) is 16.8. The van der Waals surface area contributed by atoms with Crippen LogP contribution in [0.15, 0.2) is 54.7 Å². The lowest BCUT2D eigenvalue weighted by Crippen LogP contribution is -2.30. The molecular weight excluding hydrogens is 374 g/mol. The fourth-order valence-corrected chi connectivity index (χ4v) is 4.06. The van der Waals surface area contributed by atoms with Crippen LogP contribution in [0.1, 0.15) is 24.8 Å². The number of piperidine rings is 1. The third-order valence-corrected chi connectivity index (χ3v) is 5.68. The van der Waals surface area contributed by atoms with Crippen molar-refractivity contribution in [2.45, 2.75) is 25.8 Å². The summed E-state index contributed by atoms with van der Waals surface area (Å²) in [5, 5.41) is 0. The van der Waals surface area contributed by atoms with Crippen molar-refractivity contribution in [2.75, 3.05) is 23.7 Å². The third kappa shape index (κ3) is 3.27. The van der Waals surface area contributed by atoms with Crippen molar-refractivity contribution in [3.8, 4) is 17.1 Å². The Bertz CT molecular complexity index is 1170.